The molecular weight excluding hydrogens is 262 g/mol. The van der Waals surface area contributed by atoms with Crippen LogP contribution < -0.4 is 11.3 Å². The van der Waals surface area contributed by atoms with Crippen molar-refractivity contribution in [3.63, 3.8) is 0 Å². The highest BCUT2D eigenvalue weighted by molar-refractivity contribution is 6.29. The van der Waals surface area contributed by atoms with Crippen molar-refractivity contribution >= 4 is 11.6 Å². The van der Waals surface area contributed by atoms with Crippen molar-refractivity contribution in [1.82, 2.24) is 5.43 Å². The third-order valence-corrected chi connectivity index (χ3v) is 3.00. The van der Waals surface area contributed by atoms with E-state index in [2.05, 4.69) is 5.43 Å². The zero-order chi connectivity index (χ0) is 13.1. The first kappa shape index (κ1) is 13.0. The second-order valence-electron chi connectivity index (χ2n) is 3.77. The van der Waals surface area contributed by atoms with Crippen LogP contribution in [0.5, 0.6) is 0 Å². The first-order valence-electron chi connectivity index (χ1n) is 5.25. The molecule has 1 aromatic heterocycles. The van der Waals surface area contributed by atoms with E-state index in [1.807, 2.05) is 0 Å². The quantitative estimate of drug-likeness (QED) is 0.665. The summed E-state index contributed by atoms with van der Waals surface area (Å²) in [6, 6.07) is 4.78. The summed E-state index contributed by atoms with van der Waals surface area (Å²) >= 11 is 5.81. The van der Waals surface area contributed by atoms with E-state index in [-0.39, 0.29) is 17.2 Å². The Morgan fingerprint density at radius 3 is 2.44 bits per heavy atom. The molecule has 0 aliphatic carbocycles. The van der Waals surface area contributed by atoms with Crippen LogP contribution >= 0.6 is 11.6 Å². The maximum atomic E-state index is 13.5. The number of rotatable bonds is 4. The Morgan fingerprint density at radius 2 is 1.94 bits per heavy atom. The number of furan rings is 1. The van der Waals surface area contributed by atoms with Gasteiger partial charge in [0.25, 0.3) is 0 Å². The van der Waals surface area contributed by atoms with Crippen LogP contribution in [0.15, 0.2) is 34.9 Å². The van der Waals surface area contributed by atoms with Crippen molar-refractivity contribution in [3.05, 3.63) is 58.5 Å². The summed E-state index contributed by atoms with van der Waals surface area (Å²) in [5.74, 6) is 4.15. The maximum absolute atomic E-state index is 13.5. The predicted octanol–water partition coefficient (Wildman–Crippen LogP) is 2.96. The smallest absolute Gasteiger partial charge is 0.197 e. The van der Waals surface area contributed by atoms with Crippen molar-refractivity contribution in [2.45, 2.75) is 12.5 Å². The van der Waals surface area contributed by atoms with Gasteiger partial charge in [0.15, 0.2) is 5.22 Å². The van der Waals surface area contributed by atoms with Gasteiger partial charge in [-0.05, 0) is 36.2 Å². The molecule has 3 nitrogen and oxygen atoms in total. The SMILES string of the molecule is NNC(Cc1c(F)cccc1F)c1ccoc1Cl. The second kappa shape index (κ2) is 5.48. The molecule has 1 atom stereocenters. The summed E-state index contributed by atoms with van der Waals surface area (Å²) in [5, 5.41) is 0.148. The standard InChI is InChI=1S/C12H11ClF2N2O/c13-12-7(4-5-18-12)11(17-16)6-8-9(14)2-1-3-10(8)15/h1-5,11,17H,6,16H2. The Morgan fingerprint density at radius 1 is 1.28 bits per heavy atom. The second-order valence-corrected chi connectivity index (χ2v) is 4.12. The van der Waals surface area contributed by atoms with Crippen molar-refractivity contribution in [2.24, 2.45) is 5.84 Å². The Kier molecular flexibility index (Phi) is 3.96. The van der Waals surface area contributed by atoms with Crippen LogP contribution in [0.4, 0.5) is 8.78 Å². The van der Waals surface area contributed by atoms with Crippen LogP contribution in [0.2, 0.25) is 5.22 Å². The van der Waals surface area contributed by atoms with E-state index in [9.17, 15) is 8.78 Å². The third-order valence-electron chi connectivity index (χ3n) is 2.69. The molecule has 1 aromatic carbocycles. The maximum Gasteiger partial charge on any atom is 0.197 e. The molecule has 2 rings (SSSR count). The average Bonchev–Trinajstić information content (AvgIpc) is 2.76. The van der Waals surface area contributed by atoms with Crippen molar-refractivity contribution < 1.29 is 13.2 Å². The van der Waals surface area contributed by atoms with Crippen molar-refractivity contribution in [1.29, 1.82) is 0 Å². The lowest BCUT2D eigenvalue weighted by Crippen LogP contribution is -2.30. The molecule has 0 radical (unpaired) electrons. The van der Waals surface area contributed by atoms with Gasteiger partial charge in [0.1, 0.15) is 11.6 Å². The topological polar surface area (TPSA) is 51.2 Å². The number of halogens is 3. The lowest BCUT2D eigenvalue weighted by atomic mass is 10.0. The van der Waals surface area contributed by atoms with Crippen molar-refractivity contribution in [3.8, 4) is 0 Å². The molecule has 0 amide bonds. The highest BCUT2D eigenvalue weighted by Crippen LogP contribution is 2.27. The Labute approximate surface area is 108 Å². The highest BCUT2D eigenvalue weighted by atomic mass is 35.5. The van der Waals surface area contributed by atoms with Gasteiger partial charge < -0.3 is 4.42 Å². The lowest BCUT2D eigenvalue weighted by Gasteiger charge is -2.15. The van der Waals surface area contributed by atoms with E-state index in [4.69, 9.17) is 21.9 Å². The number of nitrogens with two attached hydrogens (primary N) is 1. The van der Waals surface area contributed by atoms with Gasteiger partial charge in [-0.2, -0.15) is 0 Å². The third kappa shape index (κ3) is 2.53. The molecule has 0 aliphatic rings. The van der Waals surface area contributed by atoms with Crippen LogP contribution in [0.1, 0.15) is 17.2 Å². The molecule has 0 aliphatic heterocycles. The highest BCUT2D eigenvalue weighted by Gasteiger charge is 2.20. The molecule has 1 unspecified atom stereocenters. The monoisotopic (exact) mass is 272 g/mol. The molecule has 3 N–H and O–H groups in total. The first-order chi connectivity index (χ1) is 8.63. The predicted molar refractivity (Wildman–Crippen MR) is 63.8 cm³/mol. The fourth-order valence-corrected chi connectivity index (χ4v) is 1.99. The van der Waals surface area contributed by atoms with Crippen LogP contribution in [-0.4, -0.2) is 0 Å². The normalized spacial score (nSPS) is 12.7. The molecule has 2 aromatic rings. The fraction of sp³-hybridized carbons (Fsp3) is 0.167. The van der Waals surface area contributed by atoms with Gasteiger partial charge in [0, 0.05) is 11.1 Å². The Bertz CT molecular complexity index is 524. The van der Waals surface area contributed by atoms with Gasteiger partial charge in [-0.3, -0.25) is 11.3 Å². The molecule has 6 heteroatoms. The lowest BCUT2D eigenvalue weighted by molar-refractivity contribution is 0.492. The van der Waals surface area contributed by atoms with Gasteiger partial charge in [-0.25, -0.2) is 8.78 Å². The van der Waals surface area contributed by atoms with Gasteiger partial charge in [0.05, 0.1) is 12.3 Å². The summed E-state index contributed by atoms with van der Waals surface area (Å²) in [6.45, 7) is 0. The number of benzene rings is 1. The van der Waals surface area contributed by atoms with E-state index >= 15 is 0 Å². The molecule has 0 saturated carbocycles. The molecule has 0 bridgehead atoms. The molecule has 0 saturated heterocycles. The number of hydrogen-bond acceptors (Lipinski definition) is 3. The van der Waals surface area contributed by atoms with Crippen LogP contribution in [0.25, 0.3) is 0 Å². The number of hydrazine groups is 1. The minimum absolute atomic E-state index is 0.0360. The summed E-state index contributed by atoms with van der Waals surface area (Å²) < 4.78 is 32.0. The summed E-state index contributed by atoms with van der Waals surface area (Å²) in [7, 11) is 0. The molecule has 0 spiro atoms. The van der Waals surface area contributed by atoms with Crippen LogP contribution in [0.3, 0.4) is 0 Å². The zero-order valence-electron chi connectivity index (χ0n) is 9.29. The molecule has 96 valence electrons. The average molecular weight is 273 g/mol. The zero-order valence-corrected chi connectivity index (χ0v) is 10.0. The minimum atomic E-state index is -0.616. The van der Waals surface area contributed by atoms with E-state index in [0.717, 1.165) is 0 Å². The van der Waals surface area contributed by atoms with E-state index in [0.29, 0.717) is 5.56 Å². The van der Waals surface area contributed by atoms with Crippen LogP contribution in [0, 0.1) is 11.6 Å². The van der Waals surface area contributed by atoms with Gasteiger partial charge >= 0.3 is 0 Å². The van der Waals surface area contributed by atoms with Crippen LogP contribution in [-0.2, 0) is 6.42 Å². The van der Waals surface area contributed by atoms with Crippen molar-refractivity contribution in [2.75, 3.05) is 0 Å². The number of hydrogen-bond donors (Lipinski definition) is 2. The van der Waals surface area contributed by atoms with E-state index < -0.39 is 17.7 Å². The van der Waals surface area contributed by atoms with E-state index in [1.54, 1.807) is 6.07 Å². The Balaban J connectivity index is 2.29. The molecule has 0 fully saturated rings. The molecule has 18 heavy (non-hydrogen) atoms. The molecule has 1 heterocycles. The van der Waals surface area contributed by atoms with Gasteiger partial charge in [-0.15, -0.1) is 0 Å². The first-order valence-corrected chi connectivity index (χ1v) is 5.63. The summed E-state index contributed by atoms with van der Waals surface area (Å²) in [6.07, 6.45) is 1.42. The summed E-state index contributed by atoms with van der Waals surface area (Å²) in [4.78, 5) is 0. The number of nitrogens with one attached hydrogen (secondary N) is 1. The van der Waals surface area contributed by atoms with E-state index in [1.165, 1.54) is 24.5 Å². The fourth-order valence-electron chi connectivity index (χ4n) is 1.74. The summed E-state index contributed by atoms with van der Waals surface area (Å²) in [5.41, 5.74) is 2.98. The van der Waals surface area contributed by atoms with Gasteiger partial charge in [0.2, 0.25) is 0 Å². The largest absolute Gasteiger partial charge is 0.453 e. The van der Waals surface area contributed by atoms with Gasteiger partial charge in [-0.1, -0.05) is 6.07 Å². The molecular formula is C12H11ClF2N2O. The minimum Gasteiger partial charge on any atom is -0.453 e. The Hall–Kier alpha value is -1.43.